The maximum atomic E-state index is 13.3. The maximum absolute atomic E-state index is 13.3. The first kappa shape index (κ1) is 20.4. The second-order valence-electron chi connectivity index (χ2n) is 6.72. The number of carbonyl (C=O) groups is 1. The molecule has 5 nitrogen and oxygen atoms in total. The van der Waals surface area contributed by atoms with Gasteiger partial charge in [0.25, 0.3) is 0 Å². The van der Waals surface area contributed by atoms with Crippen LogP contribution in [0.4, 0.5) is 15.8 Å². The molecule has 3 rings (SSSR count). The SMILES string of the molecule is CCOc1ccccc1N1CCN([C@H](C)C(=O)Nc2ccc(F)c(Cl)c2)CC1. The summed E-state index contributed by atoms with van der Waals surface area (Å²) in [5.41, 5.74) is 1.58. The van der Waals surface area contributed by atoms with Crippen LogP contribution in [-0.2, 0) is 4.79 Å². The Morgan fingerprint density at radius 2 is 1.93 bits per heavy atom. The number of halogens is 2. The monoisotopic (exact) mass is 405 g/mol. The summed E-state index contributed by atoms with van der Waals surface area (Å²) in [5.74, 6) is 0.249. The third kappa shape index (κ3) is 4.75. The largest absolute Gasteiger partial charge is 0.492 e. The van der Waals surface area contributed by atoms with Gasteiger partial charge in [0, 0.05) is 31.9 Å². The lowest BCUT2D eigenvalue weighted by atomic mass is 10.2. The average molecular weight is 406 g/mol. The van der Waals surface area contributed by atoms with Crippen LogP contribution in [0.15, 0.2) is 42.5 Å². The van der Waals surface area contributed by atoms with E-state index in [1.54, 1.807) is 0 Å². The van der Waals surface area contributed by atoms with E-state index in [1.165, 1.54) is 18.2 Å². The number of piperazine rings is 1. The molecule has 1 atom stereocenters. The van der Waals surface area contributed by atoms with Crippen LogP contribution < -0.4 is 15.0 Å². The molecule has 0 radical (unpaired) electrons. The summed E-state index contributed by atoms with van der Waals surface area (Å²) in [5, 5.41) is 2.80. The molecule has 28 heavy (non-hydrogen) atoms. The second kappa shape index (κ2) is 9.26. The van der Waals surface area contributed by atoms with Gasteiger partial charge in [-0.05, 0) is 44.2 Å². The van der Waals surface area contributed by atoms with Gasteiger partial charge in [-0.3, -0.25) is 9.69 Å². The van der Waals surface area contributed by atoms with Crippen molar-refractivity contribution in [3.05, 3.63) is 53.3 Å². The lowest BCUT2D eigenvalue weighted by molar-refractivity contribution is -0.120. The zero-order chi connectivity index (χ0) is 20.1. The van der Waals surface area contributed by atoms with Gasteiger partial charge >= 0.3 is 0 Å². The zero-order valence-electron chi connectivity index (χ0n) is 16.1. The Kier molecular flexibility index (Phi) is 6.75. The summed E-state index contributed by atoms with van der Waals surface area (Å²) in [6, 6.07) is 11.9. The van der Waals surface area contributed by atoms with Crippen LogP contribution in [-0.4, -0.2) is 49.6 Å². The number of anilines is 2. The molecule has 0 aromatic heterocycles. The third-order valence-electron chi connectivity index (χ3n) is 4.93. The topological polar surface area (TPSA) is 44.8 Å². The van der Waals surface area contributed by atoms with E-state index in [0.29, 0.717) is 12.3 Å². The minimum atomic E-state index is -0.504. The van der Waals surface area contributed by atoms with Gasteiger partial charge in [0.05, 0.1) is 23.4 Å². The van der Waals surface area contributed by atoms with Crippen molar-refractivity contribution in [2.45, 2.75) is 19.9 Å². The molecule has 0 spiro atoms. The molecule has 1 aliphatic rings. The van der Waals surface area contributed by atoms with Crippen LogP contribution in [0.5, 0.6) is 5.75 Å². The fourth-order valence-electron chi connectivity index (χ4n) is 3.33. The van der Waals surface area contributed by atoms with Crippen LogP contribution in [0.25, 0.3) is 0 Å². The minimum absolute atomic E-state index is 0.00738. The first-order valence-electron chi connectivity index (χ1n) is 9.46. The predicted octanol–water partition coefficient (Wildman–Crippen LogP) is 4.03. The molecule has 1 aliphatic heterocycles. The van der Waals surface area contributed by atoms with Crippen LogP contribution in [0.1, 0.15) is 13.8 Å². The molecule has 2 aromatic rings. The quantitative estimate of drug-likeness (QED) is 0.788. The molecule has 1 amide bonds. The number of carbonyl (C=O) groups excluding carboxylic acids is 1. The Labute approximate surface area is 170 Å². The summed E-state index contributed by atoms with van der Waals surface area (Å²) in [6.07, 6.45) is 0. The fraction of sp³-hybridized carbons (Fsp3) is 0.381. The standard InChI is InChI=1S/C21H25ClFN3O2/c1-3-28-20-7-5-4-6-19(20)26-12-10-25(11-13-26)15(2)21(27)24-16-8-9-18(23)17(22)14-16/h4-9,14-15H,3,10-13H2,1-2H3,(H,24,27)/t15-/m1/s1. The molecule has 1 N–H and O–H groups in total. The van der Waals surface area contributed by atoms with E-state index in [0.717, 1.165) is 37.6 Å². The number of amides is 1. The van der Waals surface area contributed by atoms with Crippen LogP contribution in [0.2, 0.25) is 5.02 Å². The number of benzene rings is 2. The van der Waals surface area contributed by atoms with Crippen LogP contribution in [0.3, 0.4) is 0 Å². The molecular formula is C21H25ClFN3O2. The van der Waals surface area contributed by atoms with E-state index in [1.807, 2.05) is 32.0 Å². The van der Waals surface area contributed by atoms with Crippen molar-refractivity contribution in [1.29, 1.82) is 0 Å². The number of hydrogen-bond donors (Lipinski definition) is 1. The molecule has 0 saturated carbocycles. The van der Waals surface area contributed by atoms with Gasteiger partial charge < -0.3 is 15.0 Å². The van der Waals surface area contributed by atoms with Gasteiger partial charge in [0.2, 0.25) is 5.91 Å². The normalized spacial score (nSPS) is 15.9. The van der Waals surface area contributed by atoms with Crippen molar-refractivity contribution in [2.75, 3.05) is 43.0 Å². The Morgan fingerprint density at radius 3 is 2.61 bits per heavy atom. The smallest absolute Gasteiger partial charge is 0.241 e. The predicted molar refractivity (Wildman–Crippen MR) is 111 cm³/mol. The van der Waals surface area contributed by atoms with Crippen LogP contribution >= 0.6 is 11.6 Å². The number of ether oxygens (including phenoxy) is 1. The Hall–Kier alpha value is -2.31. The fourth-order valence-corrected chi connectivity index (χ4v) is 3.51. The summed E-state index contributed by atoms with van der Waals surface area (Å²) >= 11 is 5.78. The number of para-hydroxylation sites is 2. The van der Waals surface area contributed by atoms with Gasteiger partial charge in [0.15, 0.2) is 0 Å². The first-order chi connectivity index (χ1) is 13.5. The van der Waals surface area contributed by atoms with E-state index in [-0.39, 0.29) is 17.0 Å². The molecular weight excluding hydrogens is 381 g/mol. The minimum Gasteiger partial charge on any atom is -0.492 e. The molecule has 0 bridgehead atoms. The molecule has 1 fully saturated rings. The number of nitrogens with zero attached hydrogens (tertiary/aromatic N) is 2. The second-order valence-corrected chi connectivity index (χ2v) is 7.13. The lowest BCUT2D eigenvalue weighted by Gasteiger charge is -2.39. The third-order valence-corrected chi connectivity index (χ3v) is 5.22. The van der Waals surface area contributed by atoms with E-state index < -0.39 is 5.82 Å². The Morgan fingerprint density at radius 1 is 1.21 bits per heavy atom. The highest BCUT2D eigenvalue weighted by atomic mass is 35.5. The number of hydrogen-bond acceptors (Lipinski definition) is 4. The zero-order valence-corrected chi connectivity index (χ0v) is 16.9. The van der Waals surface area contributed by atoms with E-state index in [9.17, 15) is 9.18 Å². The van der Waals surface area contributed by atoms with Crippen molar-refractivity contribution >= 4 is 28.9 Å². The maximum Gasteiger partial charge on any atom is 0.241 e. The average Bonchev–Trinajstić information content (AvgIpc) is 2.71. The van der Waals surface area contributed by atoms with Crippen molar-refractivity contribution < 1.29 is 13.9 Å². The summed E-state index contributed by atoms with van der Waals surface area (Å²) in [7, 11) is 0. The summed E-state index contributed by atoms with van der Waals surface area (Å²) in [6.45, 7) is 7.63. The molecule has 0 aliphatic carbocycles. The first-order valence-corrected chi connectivity index (χ1v) is 9.84. The van der Waals surface area contributed by atoms with Crippen LogP contribution in [0, 0.1) is 5.82 Å². The number of nitrogens with one attached hydrogen (secondary N) is 1. The van der Waals surface area contributed by atoms with Crippen molar-refractivity contribution in [3.8, 4) is 5.75 Å². The molecule has 7 heteroatoms. The summed E-state index contributed by atoms with van der Waals surface area (Å²) < 4.78 is 19.0. The van der Waals surface area contributed by atoms with Gasteiger partial charge in [-0.15, -0.1) is 0 Å². The van der Waals surface area contributed by atoms with Gasteiger partial charge in [-0.25, -0.2) is 4.39 Å². The summed E-state index contributed by atoms with van der Waals surface area (Å²) in [4.78, 5) is 17.0. The highest BCUT2D eigenvalue weighted by Crippen LogP contribution is 2.29. The van der Waals surface area contributed by atoms with E-state index >= 15 is 0 Å². The van der Waals surface area contributed by atoms with E-state index in [4.69, 9.17) is 16.3 Å². The van der Waals surface area contributed by atoms with Gasteiger partial charge in [0.1, 0.15) is 11.6 Å². The van der Waals surface area contributed by atoms with Crippen molar-refractivity contribution in [3.63, 3.8) is 0 Å². The Bertz CT molecular complexity index is 825. The molecule has 1 saturated heterocycles. The lowest BCUT2D eigenvalue weighted by Crippen LogP contribution is -2.52. The van der Waals surface area contributed by atoms with Gasteiger partial charge in [-0.1, -0.05) is 23.7 Å². The van der Waals surface area contributed by atoms with E-state index in [2.05, 4.69) is 21.2 Å². The van der Waals surface area contributed by atoms with Crippen molar-refractivity contribution in [1.82, 2.24) is 4.90 Å². The molecule has 0 unspecified atom stereocenters. The molecule has 2 aromatic carbocycles. The molecule has 150 valence electrons. The highest BCUT2D eigenvalue weighted by molar-refractivity contribution is 6.31. The Balaban J connectivity index is 1.58. The van der Waals surface area contributed by atoms with Gasteiger partial charge in [-0.2, -0.15) is 0 Å². The molecule has 1 heterocycles. The van der Waals surface area contributed by atoms with Crippen molar-refractivity contribution in [2.24, 2.45) is 0 Å². The number of rotatable bonds is 6. The highest BCUT2D eigenvalue weighted by Gasteiger charge is 2.26.